The van der Waals surface area contributed by atoms with Crippen molar-refractivity contribution in [3.8, 4) is 0 Å². The molecule has 0 bridgehead atoms. The van der Waals surface area contributed by atoms with Crippen LogP contribution in [0, 0.1) is 0 Å². The van der Waals surface area contributed by atoms with E-state index < -0.39 is 0 Å². The molecule has 3 atom stereocenters. The van der Waals surface area contributed by atoms with Gasteiger partial charge in [0.2, 0.25) is 5.91 Å². The Bertz CT molecular complexity index is 272. The van der Waals surface area contributed by atoms with Gasteiger partial charge in [-0.15, -0.1) is 0 Å². The number of hydrogen-bond donors (Lipinski definition) is 1. The van der Waals surface area contributed by atoms with Crippen molar-refractivity contribution in [2.45, 2.75) is 38.0 Å². The number of carbonyl (C=O) groups is 1. The molecule has 0 aromatic rings. The van der Waals surface area contributed by atoms with Crippen molar-refractivity contribution in [1.82, 2.24) is 10.2 Å². The van der Waals surface area contributed by atoms with Crippen LogP contribution in [0.15, 0.2) is 0 Å². The Balaban J connectivity index is 1.94. The van der Waals surface area contributed by atoms with Crippen LogP contribution in [0.25, 0.3) is 0 Å². The fourth-order valence-corrected chi connectivity index (χ4v) is 2.55. The van der Waals surface area contributed by atoms with Gasteiger partial charge >= 0.3 is 0 Å². The first kappa shape index (κ1) is 12.8. The second-order valence-electron chi connectivity index (χ2n) is 4.72. The third-order valence-corrected chi connectivity index (χ3v) is 3.70. The van der Waals surface area contributed by atoms with Gasteiger partial charge < -0.3 is 19.7 Å². The lowest BCUT2D eigenvalue weighted by atomic mass is 10.1. The van der Waals surface area contributed by atoms with Crippen molar-refractivity contribution in [1.29, 1.82) is 0 Å². The number of ether oxygens (including phenoxy) is 2. The van der Waals surface area contributed by atoms with E-state index in [0.717, 1.165) is 19.4 Å². The number of nitrogens with zero attached hydrogens (tertiary/aromatic N) is 1. The molecule has 2 rings (SSSR count). The highest BCUT2D eigenvalue weighted by Gasteiger charge is 2.35. The Labute approximate surface area is 102 Å². The first-order chi connectivity index (χ1) is 8.26. The van der Waals surface area contributed by atoms with E-state index in [1.165, 1.54) is 0 Å². The molecule has 2 aliphatic heterocycles. The van der Waals surface area contributed by atoms with Gasteiger partial charge in [0.25, 0.3) is 0 Å². The van der Waals surface area contributed by atoms with Crippen LogP contribution >= 0.6 is 0 Å². The monoisotopic (exact) mass is 242 g/mol. The summed E-state index contributed by atoms with van der Waals surface area (Å²) in [7, 11) is 1.70. The molecule has 2 aliphatic rings. The maximum atomic E-state index is 12.4. The number of morpholine rings is 1. The molecule has 98 valence electrons. The molecule has 0 aliphatic carbocycles. The largest absolute Gasteiger partial charge is 0.380 e. The second-order valence-corrected chi connectivity index (χ2v) is 4.72. The zero-order chi connectivity index (χ0) is 12.3. The molecule has 0 saturated carbocycles. The Morgan fingerprint density at radius 2 is 2.41 bits per heavy atom. The standard InChI is InChI=1S/C12H22N2O3/c1-3-9-8-17-5-4-14(9)12(15)11-6-10(16-2)7-13-11/h9-11,13H,3-8H2,1-2H3. The number of hydrogen-bond acceptors (Lipinski definition) is 4. The fourth-order valence-electron chi connectivity index (χ4n) is 2.55. The Kier molecular flexibility index (Phi) is 4.36. The lowest BCUT2D eigenvalue weighted by Crippen LogP contribution is -2.53. The minimum absolute atomic E-state index is 0.0768. The van der Waals surface area contributed by atoms with Crippen LogP contribution in [0.5, 0.6) is 0 Å². The lowest BCUT2D eigenvalue weighted by molar-refractivity contribution is -0.142. The van der Waals surface area contributed by atoms with Gasteiger partial charge in [-0.1, -0.05) is 6.92 Å². The molecule has 2 heterocycles. The van der Waals surface area contributed by atoms with E-state index in [9.17, 15) is 4.79 Å². The summed E-state index contributed by atoms with van der Waals surface area (Å²) in [6.07, 6.45) is 1.90. The van der Waals surface area contributed by atoms with E-state index in [2.05, 4.69) is 12.2 Å². The Morgan fingerprint density at radius 1 is 1.59 bits per heavy atom. The van der Waals surface area contributed by atoms with Crippen LogP contribution in [0.2, 0.25) is 0 Å². The van der Waals surface area contributed by atoms with Gasteiger partial charge in [-0.2, -0.15) is 0 Å². The number of amides is 1. The van der Waals surface area contributed by atoms with Gasteiger partial charge in [-0.3, -0.25) is 4.79 Å². The number of methoxy groups -OCH3 is 1. The lowest BCUT2D eigenvalue weighted by Gasteiger charge is -2.36. The number of nitrogens with one attached hydrogen (secondary N) is 1. The molecule has 0 aromatic carbocycles. The van der Waals surface area contributed by atoms with Crippen molar-refractivity contribution in [3.63, 3.8) is 0 Å². The first-order valence-electron chi connectivity index (χ1n) is 6.40. The Morgan fingerprint density at radius 3 is 3.06 bits per heavy atom. The zero-order valence-corrected chi connectivity index (χ0v) is 10.6. The Hall–Kier alpha value is -0.650. The second kappa shape index (κ2) is 5.80. The molecular weight excluding hydrogens is 220 g/mol. The predicted molar refractivity (Wildman–Crippen MR) is 63.8 cm³/mol. The van der Waals surface area contributed by atoms with E-state index in [1.807, 2.05) is 4.90 Å². The SMILES string of the molecule is CCC1COCCN1C(=O)C1CC(OC)CN1. The number of carbonyl (C=O) groups excluding carboxylic acids is 1. The molecule has 1 N–H and O–H groups in total. The molecular formula is C12H22N2O3. The minimum atomic E-state index is -0.0768. The normalized spacial score (nSPS) is 34.0. The van der Waals surface area contributed by atoms with Crippen LogP contribution in [0.4, 0.5) is 0 Å². The highest BCUT2D eigenvalue weighted by atomic mass is 16.5. The predicted octanol–water partition coefficient (Wildman–Crippen LogP) is 0.000700. The van der Waals surface area contributed by atoms with Crippen molar-refractivity contribution in [3.05, 3.63) is 0 Å². The average Bonchev–Trinajstić information content (AvgIpc) is 2.86. The minimum Gasteiger partial charge on any atom is -0.380 e. The third-order valence-electron chi connectivity index (χ3n) is 3.70. The van der Waals surface area contributed by atoms with Crippen molar-refractivity contribution < 1.29 is 14.3 Å². The highest BCUT2D eigenvalue weighted by Crippen LogP contribution is 2.17. The van der Waals surface area contributed by atoms with Gasteiger partial charge in [0, 0.05) is 20.2 Å². The van der Waals surface area contributed by atoms with Gasteiger partial charge in [0.15, 0.2) is 0 Å². The van der Waals surface area contributed by atoms with Crippen molar-refractivity contribution in [2.75, 3.05) is 33.4 Å². The molecule has 2 saturated heterocycles. The topological polar surface area (TPSA) is 50.8 Å². The summed E-state index contributed by atoms with van der Waals surface area (Å²) >= 11 is 0. The van der Waals surface area contributed by atoms with E-state index >= 15 is 0 Å². The van der Waals surface area contributed by atoms with Crippen LogP contribution < -0.4 is 5.32 Å². The molecule has 2 fully saturated rings. The average molecular weight is 242 g/mol. The maximum Gasteiger partial charge on any atom is 0.240 e. The van der Waals surface area contributed by atoms with Crippen molar-refractivity contribution in [2.24, 2.45) is 0 Å². The summed E-state index contributed by atoms with van der Waals surface area (Å²) in [5.74, 6) is 0.208. The molecule has 5 nitrogen and oxygen atoms in total. The summed E-state index contributed by atoms with van der Waals surface area (Å²) in [5.41, 5.74) is 0. The number of rotatable bonds is 3. The van der Waals surface area contributed by atoms with Crippen molar-refractivity contribution >= 4 is 5.91 Å². The molecule has 17 heavy (non-hydrogen) atoms. The highest BCUT2D eigenvalue weighted by molar-refractivity contribution is 5.82. The first-order valence-corrected chi connectivity index (χ1v) is 6.40. The summed E-state index contributed by atoms with van der Waals surface area (Å²) in [4.78, 5) is 14.4. The molecule has 0 spiro atoms. The van der Waals surface area contributed by atoms with E-state index in [-0.39, 0.29) is 24.1 Å². The summed E-state index contributed by atoms with van der Waals surface area (Å²) in [6.45, 7) is 4.91. The molecule has 0 aromatic heterocycles. The quantitative estimate of drug-likeness (QED) is 0.757. The van der Waals surface area contributed by atoms with Gasteiger partial charge in [0.1, 0.15) is 0 Å². The van der Waals surface area contributed by atoms with E-state index in [1.54, 1.807) is 7.11 Å². The van der Waals surface area contributed by atoms with Gasteiger partial charge in [0.05, 0.1) is 31.4 Å². The summed E-state index contributed by atoms with van der Waals surface area (Å²) < 4.78 is 10.7. The fraction of sp³-hybridized carbons (Fsp3) is 0.917. The summed E-state index contributed by atoms with van der Waals surface area (Å²) in [6, 6.07) is 0.159. The smallest absolute Gasteiger partial charge is 0.240 e. The van der Waals surface area contributed by atoms with Crippen LogP contribution in [0.1, 0.15) is 19.8 Å². The molecule has 0 radical (unpaired) electrons. The maximum absolute atomic E-state index is 12.4. The van der Waals surface area contributed by atoms with E-state index in [0.29, 0.717) is 19.8 Å². The zero-order valence-electron chi connectivity index (χ0n) is 10.6. The van der Waals surface area contributed by atoms with E-state index in [4.69, 9.17) is 9.47 Å². The molecule has 1 amide bonds. The van der Waals surface area contributed by atoms with Gasteiger partial charge in [-0.25, -0.2) is 0 Å². The summed E-state index contributed by atoms with van der Waals surface area (Å²) in [5, 5.41) is 3.24. The van der Waals surface area contributed by atoms with Crippen LogP contribution in [-0.4, -0.2) is 62.4 Å². The van der Waals surface area contributed by atoms with Crippen LogP contribution in [0.3, 0.4) is 0 Å². The molecule has 3 unspecified atom stereocenters. The van der Waals surface area contributed by atoms with Gasteiger partial charge in [-0.05, 0) is 12.8 Å². The van der Waals surface area contributed by atoms with Crippen LogP contribution in [-0.2, 0) is 14.3 Å². The third kappa shape index (κ3) is 2.78. The molecule has 5 heteroatoms.